The number of rotatable bonds is 12. The summed E-state index contributed by atoms with van der Waals surface area (Å²) >= 11 is 0. The van der Waals surface area contributed by atoms with Crippen molar-refractivity contribution in [1.82, 2.24) is 9.44 Å². The number of carbonyl (C=O) groups is 2. The summed E-state index contributed by atoms with van der Waals surface area (Å²) in [6.07, 6.45) is -0.817. The van der Waals surface area contributed by atoms with E-state index < -0.39 is 56.0 Å². The fraction of sp³-hybridized carbons (Fsp3) is 0.200. The molecular weight excluding hydrogens is 460 g/mol. The van der Waals surface area contributed by atoms with Crippen LogP contribution in [0.25, 0.3) is 0 Å². The van der Waals surface area contributed by atoms with Gasteiger partial charge in [0.15, 0.2) is 0 Å². The number of benzene rings is 2. The molecule has 2 aromatic rings. The van der Waals surface area contributed by atoms with Gasteiger partial charge >= 0.3 is 11.9 Å². The second-order valence-electron chi connectivity index (χ2n) is 6.49. The summed E-state index contributed by atoms with van der Waals surface area (Å²) in [4.78, 5) is 23.2. The highest BCUT2D eigenvalue weighted by Crippen LogP contribution is 2.15. The quantitative estimate of drug-likeness (QED) is 0.327. The van der Waals surface area contributed by atoms with Gasteiger partial charge in [0.2, 0.25) is 20.0 Å². The first-order chi connectivity index (χ1) is 15.0. The van der Waals surface area contributed by atoms with E-state index in [1.54, 1.807) is 12.1 Å². The van der Waals surface area contributed by atoms with E-state index in [9.17, 15) is 36.6 Å². The molecule has 32 heavy (non-hydrogen) atoms. The average molecular weight is 483 g/mol. The minimum absolute atomic E-state index is 0.0189. The Morgan fingerprint density at radius 1 is 0.625 bits per heavy atom. The molecular formula is C20H22N2O8S2. The zero-order valence-corrected chi connectivity index (χ0v) is 18.4. The minimum atomic E-state index is -3.90. The van der Waals surface area contributed by atoms with Crippen molar-refractivity contribution >= 4 is 32.0 Å². The number of aliphatic carboxylic acids is 2. The molecule has 0 radical (unpaired) electrons. The van der Waals surface area contributed by atoms with Crippen LogP contribution < -0.4 is 9.44 Å². The van der Waals surface area contributed by atoms with Crippen molar-refractivity contribution in [1.29, 1.82) is 0 Å². The molecule has 0 spiro atoms. The maximum absolute atomic E-state index is 12.2. The van der Waals surface area contributed by atoms with Crippen LogP contribution in [0, 0.1) is 0 Å². The van der Waals surface area contributed by atoms with Crippen LogP contribution in [0.5, 0.6) is 0 Å². The normalized spacial score (nSPS) is 12.8. The lowest BCUT2D eigenvalue weighted by atomic mass is 10.0. The number of hydrogen-bond acceptors (Lipinski definition) is 6. The van der Waals surface area contributed by atoms with Crippen molar-refractivity contribution in [2.24, 2.45) is 0 Å². The first-order valence-electron chi connectivity index (χ1n) is 9.32. The van der Waals surface area contributed by atoms with Crippen LogP contribution in [-0.4, -0.2) is 52.1 Å². The molecule has 12 heteroatoms. The summed E-state index contributed by atoms with van der Waals surface area (Å²) in [6.45, 7) is -0.712. The van der Waals surface area contributed by atoms with Gasteiger partial charge in [-0.2, -0.15) is 0 Å². The summed E-state index contributed by atoms with van der Waals surface area (Å²) < 4.78 is 53.4. The molecule has 0 atom stereocenters. The van der Waals surface area contributed by atoms with Crippen LogP contribution in [0.2, 0.25) is 0 Å². The molecule has 0 saturated carbocycles. The second kappa shape index (κ2) is 11.0. The predicted octanol–water partition coefficient (Wildman–Crippen LogP) is 1.19. The summed E-state index contributed by atoms with van der Waals surface area (Å²) in [5.74, 6) is -3.07. The molecule has 0 aliphatic heterocycles. The molecule has 10 nitrogen and oxygen atoms in total. The Kier molecular flexibility index (Phi) is 8.66. The van der Waals surface area contributed by atoms with Crippen molar-refractivity contribution in [3.05, 3.63) is 71.8 Å². The molecule has 0 bridgehead atoms. The fourth-order valence-electron chi connectivity index (χ4n) is 2.76. The van der Waals surface area contributed by atoms with Gasteiger partial charge in [-0.1, -0.05) is 36.4 Å². The van der Waals surface area contributed by atoms with Crippen LogP contribution in [0.1, 0.15) is 12.8 Å². The van der Waals surface area contributed by atoms with Gasteiger partial charge in [0, 0.05) is 24.2 Å². The highest BCUT2D eigenvalue weighted by atomic mass is 32.2. The highest BCUT2D eigenvalue weighted by Gasteiger charge is 2.22. The van der Waals surface area contributed by atoms with E-state index in [4.69, 9.17) is 0 Å². The van der Waals surface area contributed by atoms with Gasteiger partial charge in [-0.25, -0.2) is 35.9 Å². The molecule has 0 saturated heterocycles. The predicted molar refractivity (Wildman–Crippen MR) is 115 cm³/mol. The molecule has 0 unspecified atom stereocenters. The third kappa shape index (κ3) is 6.99. The Bertz CT molecular complexity index is 1100. The highest BCUT2D eigenvalue weighted by molar-refractivity contribution is 7.89. The first-order valence-corrected chi connectivity index (χ1v) is 12.3. The van der Waals surface area contributed by atoms with E-state index in [2.05, 4.69) is 9.44 Å². The Morgan fingerprint density at radius 2 is 0.938 bits per heavy atom. The molecule has 0 fully saturated rings. The van der Waals surface area contributed by atoms with Gasteiger partial charge in [-0.3, -0.25) is 0 Å². The third-order valence-corrected chi connectivity index (χ3v) is 7.28. The third-order valence-electron chi connectivity index (χ3n) is 4.32. The van der Waals surface area contributed by atoms with E-state index in [0.717, 1.165) is 0 Å². The maximum Gasteiger partial charge on any atom is 0.332 e. The molecule has 0 heterocycles. The zero-order chi connectivity index (χ0) is 23.8. The summed E-state index contributed by atoms with van der Waals surface area (Å²) in [5, 5.41) is 18.9. The number of sulfonamides is 2. The van der Waals surface area contributed by atoms with Gasteiger partial charge < -0.3 is 10.2 Å². The van der Waals surface area contributed by atoms with Crippen molar-refractivity contribution < 1.29 is 36.6 Å². The Hall–Kier alpha value is -3.06. The van der Waals surface area contributed by atoms with Gasteiger partial charge in [0.05, 0.1) is 9.79 Å². The molecule has 0 aromatic heterocycles. The fourth-order valence-corrected chi connectivity index (χ4v) is 4.87. The Balaban J connectivity index is 2.10. The monoisotopic (exact) mass is 482 g/mol. The van der Waals surface area contributed by atoms with Crippen molar-refractivity contribution in [3.8, 4) is 0 Å². The average Bonchev–Trinajstić information content (AvgIpc) is 2.75. The summed E-state index contributed by atoms with van der Waals surface area (Å²) in [6, 6.07) is 14.8. The standard InChI is InChI=1S/C20H22N2O8S2/c23-19(24)17(11-13-21-31(27,28)15-7-3-1-4-8-15)18(20(25)26)12-14-22-32(29,30)16-9-5-2-6-10-16/h1-10,21-22H,11-14H2,(H,23,24)(H,25,26). The van der Waals surface area contributed by atoms with Gasteiger partial charge in [-0.15, -0.1) is 0 Å². The van der Waals surface area contributed by atoms with E-state index >= 15 is 0 Å². The Labute approximate surface area is 185 Å². The van der Waals surface area contributed by atoms with Crippen LogP contribution in [0.4, 0.5) is 0 Å². The van der Waals surface area contributed by atoms with Crippen molar-refractivity contribution in [2.45, 2.75) is 22.6 Å². The Morgan fingerprint density at radius 3 is 1.22 bits per heavy atom. The molecule has 2 aromatic carbocycles. The number of hydrogen-bond donors (Lipinski definition) is 4. The number of carboxylic acids is 2. The summed E-state index contributed by atoms with van der Waals surface area (Å²) in [7, 11) is -7.80. The smallest absolute Gasteiger partial charge is 0.332 e. The molecule has 0 aliphatic rings. The summed E-state index contributed by atoms with van der Waals surface area (Å²) in [5.41, 5.74) is -1.04. The molecule has 172 valence electrons. The topological polar surface area (TPSA) is 167 Å². The second-order valence-corrected chi connectivity index (χ2v) is 10.0. The molecule has 4 N–H and O–H groups in total. The van der Waals surface area contributed by atoms with Crippen LogP contribution >= 0.6 is 0 Å². The van der Waals surface area contributed by atoms with E-state index in [0.29, 0.717) is 0 Å². The van der Waals surface area contributed by atoms with E-state index in [1.807, 2.05) is 0 Å². The SMILES string of the molecule is O=C(O)C(CCNS(=O)(=O)c1ccccc1)=C(CCNS(=O)(=O)c1ccccc1)C(=O)O. The van der Waals surface area contributed by atoms with Crippen LogP contribution in [0.3, 0.4) is 0 Å². The van der Waals surface area contributed by atoms with E-state index in [-0.39, 0.29) is 22.9 Å². The lowest BCUT2D eigenvalue weighted by Gasteiger charge is -2.11. The molecule has 2 rings (SSSR count). The van der Waals surface area contributed by atoms with E-state index in [1.165, 1.54) is 48.5 Å². The van der Waals surface area contributed by atoms with Crippen LogP contribution in [-0.2, 0) is 29.6 Å². The lowest BCUT2D eigenvalue weighted by Crippen LogP contribution is -2.28. The van der Waals surface area contributed by atoms with Crippen LogP contribution in [0.15, 0.2) is 81.6 Å². The van der Waals surface area contributed by atoms with Crippen molar-refractivity contribution in [2.75, 3.05) is 13.1 Å². The minimum Gasteiger partial charge on any atom is -0.478 e. The van der Waals surface area contributed by atoms with Gasteiger partial charge in [0.1, 0.15) is 0 Å². The van der Waals surface area contributed by atoms with Gasteiger partial charge in [0.25, 0.3) is 0 Å². The largest absolute Gasteiger partial charge is 0.478 e. The number of nitrogens with one attached hydrogen (secondary N) is 2. The first kappa shape index (κ1) is 25.2. The number of carboxylic acid groups (broad SMARTS) is 2. The maximum atomic E-state index is 12.2. The lowest BCUT2D eigenvalue weighted by molar-refractivity contribution is -0.136. The van der Waals surface area contributed by atoms with Gasteiger partial charge in [-0.05, 0) is 37.1 Å². The zero-order valence-electron chi connectivity index (χ0n) is 16.8. The molecule has 0 amide bonds. The van der Waals surface area contributed by atoms with Crippen molar-refractivity contribution in [3.63, 3.8) is 0 Å². The molecule has 0 aliphatic carbocycles.